The molecule has 0 aliphatic heterocycles. The maximum Gasteiger partial charge on any atom is 0.262 e. The molecular weight excluding hydrogens is 422 g/mol. The van der Waals surface area contributed by atoms with Crippen LogP contribution in [0.2, 0.25) is 0 Å². The lowest BCUT2D eigenvalue weighted by atomic mass is 10.2. The maximum atomic E-state index is 12.7. The largest absolute Gasteiger partial charge is 0.332 e. The average Bonchev–Trinajstić information content (AvgIpc) is 3.12. The topological polar surface area (TPSA) is 84.7 Å². The van der Waals surface area contributed by atoms with Crippen LogP contribution in [-0.2, 0) is 17.9 Å². The van der Waals surface area contributed by atoms with Gasteiger partial charge in [0.15, 0.2) is 4.77 Å². The number of carbonyl (C=O) groups is 1. The standard InChI is InChI=1S/C24H27N5O2S/c1-2-15-28-20-13-8-7-12-19(20)25-23(28)27-21(30)14-4-3-9-16-29-22(31)17-10-5-6-11-18(17)26-24(29)32/h5-8,10-13H,2-4,9,14-16H2,1H3,(H,26,32)(H,25,27,30). The lowest BCUT2D eigenvalue weighted by molar-refractivity contribution is -0.116. The summed E-state index contributed by atoms with van der Waals surface area (Å²) in [4.78, 5) is 32.9. The molecule has 0 radical (unpaired) electrons. The number of imidazole rings is 1. The molecule has 2 heterocycles. The van der Waals surface area contributed by atoms with Crippen LogP contribution in [0.1, 0.15) is 39.0 Å². The van der Waals surface area contributed by atoms with Gasteiger partial charge in [0, 0.05) is 19.5 Å². The van der Waals surface area contributed by atoms with E-state index in [-0.39, 0.29) is 11.5 Å². The third-order valence-corrected chi connectivity index (χ3v) is 5.85. The molecule has 1 amide bonds. The van der Waals surface area contributed by atoms with Crippen LogP contribution in [0.4, 0.5) is 5.95 Å². The number of nitrogens with zero attached hydrogens (tertiary/aromatic N) is 3. The van der Waals surface area contributed by atoms with Gasteiger partial charge in [0.05, 0.1) is 21.9 Å². The first-order valence-electron chi connectivity index (χ1n) is 11.1. The minimum absolute atomic E-state index is 0.0437. The van der Waals surface area contributed by atoms with E-state index in [1.165, 1.54) is 0 Å². The monoisotopic (exact) mass is 449 g/mol. The van der Waals surface area contributed by atoms with Gasteiger partial charge in [-0.05, 0) is 55.7 Å². The Morgan fingerprint density at radius 2 is 1.81 bits per heavy atom. The Hall–Kier alpha value is -3.26. The Morgan fingerprint density at radius 3 is 2.66 bits per heavy atom. The molecule has 0 aliphatic rings. The van der Waals surface area contributed by atoms with E-state index in [1.54, 1.807) is 10.6 Å². The highest BCUT2D eigenvalue weighted by molar-refractivity contribution is 7.71. The summed E-state index contributed by atoms with van der Waals surface area (Å²) in [5.41, 5.74) is 2.59. The van der Waals surface area contributed by atoms with Gasteiger partial charge < -0.3 is 9.55 Å². The molecule has 4 aromatic rings. The number of H-pyrrole nitrogens is 1. The molecule has 0 atom stereocenters. The van der Waals surface area contributed by atoms with Gasteiger partial charge in [-0.25, -0.2) is 4.98 Å². The van der Waals surface area contributed by atoms with Gasteiger partial charge >= 0.3 is 0 Å². The second-order valence-electron chi connectivity index (χ2n) is 7.87. The zero-order chi connectivity index (χ0) is 22.5. The Labute approximate surface area is 191 Å². The van der Waals surface area contributed by atoms with Crippen molar-refractivity contribution < 1.29 is 4.79 Å². The van der Waals surface area contributed by atoms with Gasteiger partial charge in [-0.3, -0.25) is 19.5 Å². The molecule has 0 saturated heterocycles. The molecule has 0 saturated carbocycles. The number of aromatic nitrogens is 4. The molecule has 32 heavy (non-hydrogen) atoms. The Bertz CT molecular complexity index is 1370. The predicted octanol–water partition coefficient (Wildman–Crippen LogP) is 5.02. The predicted molar refractivity (Wildman–Crippen MR) is 131 cm³/mol. The average molecular weight is 450 g/mol. The van der Waals surface area contributed by atoms with Crippen LogP contribution < -0.4 is 10.9 Å². The van der Waals surface area contributed by atoms with Crippen LogP contribution in [0.25, 0.3) is 21.9 Å². The first kappa shape index (κ1) is 22.0. The lowest BCUT2D eigenvalue weighted by Crippen LogP contribution is -2.22. The van der Waals surface area contributed by atoms with Crippen molar-refractivity contribution in [2.75, 3.05) is 5.32 Å². The summed E-state index contributed by atoms with van der Waals surface area (Å²) >= 11 is 5.35. The second kappa shape index (κ2) is 9.91. The maximum absolute atomic E-state index is 12.7. The first-order chi connectivity index (χ1) is 15.6. The SMILES string of the molecule is CCCn1c(NC(=O)CCCCCn2c(=S)[nH]c3ccccc3c2=O)nc2ccccc21. The van der Waals surface area contributed by atoms with Crippen molar-refractivity contribution in [3.63, 3.8) is 0 Å². The van der Waals surface area contributed by atoms with Crippen molar-refractivity contribution in [1.29, 1.82) is 0 Å². The number of benzene rings is 2. The van der Waals surface area contributed by atoms with Crippen LogP contribution in [0.5, 0.6) is 0 Å². The number of carbonyl (C=O) groups excluding carboxylic acids is 1. The van der Waals surface area contributed by atoms with Gasteiger partial charge in [0.1, 0.15) is 0 Å². The second-order valence-corrected chi connectivity index (χ2v) is 8.25. The minimum atomic E-state index is -0.0723. The fraction of sp³-hybridized carbons (Fsp3) is 0.333. The number of fused-ring (bicyclic) bond motifs is 2. The number of unbranched alkanes of at least 4 members (excludes halogenated alkanes) is 2. The van der Waals surface area contributed by atoms with Gasteiger partial charge in [-0.15, -0.1) is 0 Å². The Kier molecular flexibility index (Phi) is 6.80. The number of aromatic amines is 1. The summed E-state index contributed by atoms with van der Waals surface area (Å²) in [5.74, 6) is 0.560. The van der Waals surface area contributed by atoms with E-state index in [0.29, 0.717) is 29.1 Å². The summed E-state index contributed by atoms with van der Waals surface area (Å²) in [6.45, 7) is 3.44. The fourth-order valence-electron chi connectivity index (χ4n) is 3.94. The van der Waals surface area contributed by atoms with Crippen LogP contribution in [0, 0.1) is 4.77 Å². The van der Waals surface area contributed by atoms with Crippen LogP contribution in [0.3, 0.4) is 0 Å². The summed E-state index contributed by atoms with van der Waals surface area (Å²) < 4.78 is 4.09. The van der Waals surface area contributed by atoms with Crippen LogP contribution in [0.15, 0.2) is 53.3 Å². The van der Waals surface area contributed by atoms with E-state index < -0.39 is 0 Å². The fourth-order valence-corrected chi connectivity index (χ4v) is 4.23. The number of nitrogens with one attached hydrogen (secondary N) is 2. The van der Waals surface area contributed by atoms with E-state index in [1.807, 2.05) is 42.5 Å². The molecular formula is C24H27N5O2S. The molecule has 0 aliphatic carbocycles. The molecule has 8 heteroatoms. The smallest absolute Gasteiger partial charge is 0.262 e. The van der Waals surface area contributed by atoms with Crippen molar-refractivity contribution >= 4 is 46.0 Å². The van der Waals surface area contributed by atoms with E-state index in [9.17, 15) is 9.59 Å². The summed E-state index contributed by atoms with van der Waals surface area (Å²) in [6, 6.07) is 15.3. The molecule has 0 fully saturated rings. The van der Waals surface area contributed by atoms with Gasteiger partial charge in [0.25, 0.3) is 5.56 Å². The Balaban J connectivity index is 1.31. The van der Waals surface area contributed by atoms with Crippen molar-refractivity contribution in [2.24, 2.45) is 0 Å². The van der Waals surface area contributed by atoms with Gasteiger partial charge in [-0.2, -0.15) is 0 Å². The molecule has 0 unspecified atom stereocenters. The van der Waals surface area contributed by atoms with Crippen molar-refractivity contribution in [2.45, 2.75) is 52.1 Å². The quantitative estimate of drug-likeness (QED) is 0.278. The van der Waals surface area contributed by atoms with Crippen molar-refractivity contribution in [1.82, 2.24) is 19.1 Å². The van der Waals surface area contributed by atoms with E-state index >= 15 is 0 Å². The van der Waals surface area contributed by atoms with E-state index in [4.69, 9.17) is 12.2 Å². The zero-order valence-electron chi connectivity index (χ0n) is 18.1. The zero-order valence-corrected chi connectivity index (χ0v) is 19.0. The molecule has 0 bridgehead atoms. The summed E-state index contributed by atoms with van der Waals surface area (Å²) in [5, 5.41) is 3.60. The normalized spacial score (nSPS) is 11.3. The molecule has 4 rings (SSSR count). The van der Waals surface area contributed by atoms with Crippen molar-refractivity contribution in [3.05, 3.63) is 63.7 Å². The molecule has 2 N–H and O–H groups in total. The minimum Gasteiger partial charge on any atom is -0.332 e. The number of anilines is 1. The lowest BCUT2D eigenvalue weighted by Gasteiger charge is -2.09. The highest BCUT2D eigenvalue weighted by Gasteiger charge is 2.12. The third kappa shape index (κ3) is 4.65. The van der Waals surface area contributed by atoms with E-state index in [2.05, 4.69) is 26.8 Å². The summed E-state index contributed by atoms with van der Waals surface area (Å²) in [7, 11) is 0. The number of rotatable bonds is 9. The molecule has 166 valence electrons. The van der Waals surface area contributed by atoms with Gasteiger partial charge in [0.2, 0.25) is 11.9 Å². The first-order valence-corrected chi connectivity index (χ1v) is 11.5. The van der Waals surface area contributed by atoms with Crippen molar-refractivity contribution in [3.8, 4) is 0 Å². The number of hydrogen-bond acceptors (Lipinski definition) is 4. The number of amides is 1. The molecule has 0 spiro atoms. The summed E-state index contributed by atoms with van der Waals surface area (Å²) in [6.07, 6.45) is 3.71. The highest BCUT2D eigenvalue weighted by atomic mass is 32.1. The molecule has 2 aromatic carbocycles. The molecule has 2 aromatic heterocycles. The van der Waals surface area contributed by atoms with Gasteiger partial charge in [-0.1, -0.05) is 37.6 Å². The van der Waals surface area contributed by atoms with E-state index in [0.717, 1.165) is 48.8 Å². The number of hydrogen-bond donors (Lipinski definition) is 2. The number of aryl methyl sites for hydroxylation is 1. The van der Waals surface area contributed by atoms with Crippen LogP contribution in [-0.4, -0.2) is 25.0 Å². The third-order valence-electron chi connectivity index (χ3n) is 5.53. The number of para-hydroxylation sites is 3. The highest BCUT2D eigenvalue weighted by Crippen LogP contribution is 2.20. The Morgan fingerprint density at radius 1 is 1.03 bits per heavy atom. The van der Waals surface area contributed by atoms with Crippen LogP contribution >= 0.6 is 12.2 Å². The molecule has 7 nitrogen and oxygen atoms in total.